The van der Waals surface area contributed by atoms with Crippen LogP contribution in [0.15, 0.2) is 30.3 Å². The van der Waals surface area contributed by atoms with Crippen LogP contribution in [0.3, 0.4) is 0 Å². The van der Waals surface area contributed by atoms with E-state index in [0.717, 1.165) is 5.56 Å². The Morgan fingerprint density at radius 1 is 1.20 bits per heavy atom. The maximum absolute atomic E-state index is 9.64. The van der Waals surface area contributed by atoms with E-state index in [1.54, 1.807) is 13.8 Å². The lowest BCUT2D eigenvalue weighted by molar-refractivity contribution is -0.174. The fourth-order valence-electron chi connectivity index (χ4n) is 1.81. The molecule has 1 aliphatic heterocycles. The van der Waals surface area contributed by atoms with Crippen molar-refractivity contribution in [3.05, 3.63) is 35.9 Å². The molecule has 0 saturated carbocycles. The Morgan fingerprint density at radius 2 is 1.87 bits per heavy atom. The lowest BCUT2D eigenvalue weighted by Gasteiger charge is -2.16. The highest BCUT2D eigenvalue weighted by Gasteiger charge is 2.39. The molecule has 1 fully saturated rings. The number of hydrogen-bond donors (Lipinski definition) is 1. The number of benzene rings is 1. The molecule has 1 heterocycles. The van der Waals surface area contributed by atoms with Gasteiger partial charge in [0, 0.05) is 6.42 Å². The molecule has 0 aliphatic carbocycles. The molecule has 0 radical (unpaired) electrons. The highest BCUT2D eigenvalue weighted by molar-refractivity contribution is 5.15. The second kappa shape index (κ2) is 3.93. The van der Waals surface area contributed by atoms with Crippen LogP contribution in [0.2, 0.25) is 0 Å². The van der Waals surface area contributed by atoms with Gasteiger partial charge in [0.15, 0.2) is 12.1 Å². The third kappa shape index (κ3) is 2.56. The van der Waals surface area contributed by atoms with Gasteiger partial charge in [-0.05, 0) is 19.4 Å². The van der Waals surface area contributed by atoms with Gasteiger partial charge in [0.2, 0.25) is 0 Å². The molecule has 3 heteroatoms. The molecule has 2 rings (SSSR count). The lowest BCUT2D eigenvalue weighted by Crippen LogP contribution is -2.24. The van der Waals surface area contributed by atoms with Gasteiger partial charge in [0.05, 0.1) is 0 Å². The predicted octanol–water partition coefficient (Wildman–Crippen LogP) is 1.70. The molecule has 1 N–H and O–H groups in total. The van der Waals surface area contributed by atoms with Crippen molar-refractivity contribution in [1.29, 1.82) is 0 Å². The monoisotopic (exact) mass is 208 g/mol. The van der Waals surface area contributed by atoms with Gasteiger partial charge in [-0.15, -0.1) is 0 Å². The van der Waals surface area contributed by atoms with Crippen LogP contribution in [0.1, 0.15) is 19.4 Å². The second-order valence-electron chi connectivity index (χ2n) is 4.25. The van der Waals surface area contributed by atoms with E-state index < -0.39 is 12.1 Å². The SMILES string of the molecule is CC1(C)OC(O)[C@@H](Cc2ccccc2)O1. The molecule has 3 nitrogen and oxygen atoms in total. The highest BCUT2D eigenvalue weighted by Crippen LogP contribution is 2.28. The van der Waals surface area contributed by atoms with Gasteiger partial charge < -0.3 is 14.6 Å². The first-order valence-electron chi connectivity index (χ1n) is 5.14. The molecule has 0 bridgehead atoms. The predicted molar refractivity (Wildman–Crippen MR) is 56.2 cm³/mol. The van der Waals surface area contributed by atoms with Crippen LogP contribution < -0.4 is 0 Å². The van der Waals surface area contributed by atoms with Crippen LogP contribution in [0.4, 0.5) is 0 Å². The zero-order valence-corrected chi connectivity index (χ0v) is 9.01. The van der Waals surface area contributed by atoms with Crippen LogP contribution >= 0.6 is 0 Å². The van der Waals surface area contributed by atoms with Crippen molar-refractivity contribution < 1.29 is 14.6 Å². The van der Waals surface area contributed by atoms with Crippen molar-refractivity contribution in [3.63, 3.8) is 0 Å². The summed E-state index contributed by atoms with van der Waals surface area (Å²) in [7, 11) is 0. The van der Waals surface area contributed by atoms with Crippen molar-refractivity contribution in [3.8, 4) is 0 Å². The summed E-state index contributed by atoms with van der Waals surface area (Å²) in [5.41, 5.74) is 1.14. The first kappa shape index (κ1) is 10.6. The molecular formula is C12H16O3. The minimum absolute atomic E-state index is 0.276. The summed E-state index contributed by atoms with van der Waals surface area (Å²) in [4.78, 5) is 0. The molecule has 0 aromatic heterocycles. The summed E-state index contributed by atoms with van der Waals surface area (Å²) in [6.07, 6.45) is -0.437. The Balaban J connectivity index is 2.02. The van der Waals surface area contributed by atoms with Crippen molar-refractivity contribution in [2.75, 3.05) is 0 Å². The van der Waals surface area contributed by atoms with E-state index in [0.29, 0.717) is 6.42 Å². The van der Waals surface area contributed by atoms with Crippen molar-refractivity contribution in [2.24, 2.45) is 0 Å². The molecule has 1 aromatic carbocycles. The van der Waals surface area contributed by atoms with Gasteiger partial charge in [-0.2, -0.15) is 0 Å². The van der Waals surface area contributed by atoms with Gasteiger partial charge in [0.25, 0.3) is 0 Å². The summed E-state index contributed by atoms with van der Waals surface area (Å²) >= 11 is 0. The summed E-state index contributed by atoms with van der Waals surface area (Å²) in [5.74, 6) is -0.682. The Morgan fingerprint density at radius 3 is 2.40 bits per heavy atom. The molecule has 1 saturated heterocycles. The average Bonchev–Trinajstić information content (AvgIpc) is 2.41. The van der Waals surface area contributed by atoms with Gasteiger partial charge in [0.1, 0.15) is 6.10 Å². The van der Waals surface area contributed by atoms with E-state index in [9.17, 15) is 5.11 Å². The lowest BCUT2D eigenvalue weighted by atomic mass is 10.1. The van der Waals surface area contributed by atoms with Gasteiger partial charge in [-0.25, -0.2) is 0 Å². The van der Waals surface area contributed by atoms with Crippen LogP contribution in [0.5, 0.6) is 0 Å². The minimum Gasteiger partial charge on any atom is -0.366 e. The molecule has 1 aromatic rings. The third-order valence-corrected chi connectivity index (χ3v) is 2.44. The maximum atomic E-state index is 9.64. The topological polar surface area (TPSA) is 38.7 Å². The van der Waals surface area contributed by atoms with E-state index in [-0.39, 0.29) is 6.10 Å². The number of aliphatic hydroxyl groups is 1. The first-order chi connectivity index (χ1) is 7.07. The molecule has 1 unspecified atom stereocenters. The fourth-order valence-corrected chi connectivity index (χ4v) is 1.81. The summed E-state index contributed by atoms with van der Waals surface area (Å²) in [5, 5.41) is 9.64. The van der Waals surface area contributed by atoms with Crippen molar-refractivity contribution in [2.45, 2.75) is 38.4 Å². The Bertz CT molecular complexity index is 321. The smallest absolute Gasteiger partial charge is 0.184 e. The van der Waals surface area contributed by atoms with Crippen LogP contribution in [-0.2, 0) is 15.9 Å². The molecule has 0 amide bonds. The summed E-state index contributed by atoms with van der Waals surface area (Å²) in [6.45, 7) is 3.61. The first-order valence-corrected chi connectivity index (χ1v) is 5.14. The number of aliphatic hydroxyl groups excluding tert-OH is 1. The van der Waals surface area contributed by atoms with E-state index in [1.807, 2.05) is 30.3 Å². The van der Waals surface area contributed by atoms with Crippen molar-refractivity contribution >= 4 is 0 Å². The quantitative estimate of drug-likeness (QED) is 0.804. The average molecular weight is 208 g/mol. The van der Waals surface area contributed by atoms with Crippen LogP contribution in [0, 0.1) is 0 Å². The van der Waals surface area contributed by atoms with Gasteiger partial charge in [-0.1, -0.05) is 30.3 Å². The molecule has 0 spiro atoms. The zero-order chi connectivity index (χ0) is 10.9. The number of rotatable bonds is 2. The largest absolute Gasteiger partial charge is 0.366 e. The minimum atomic E-state index is -0.833. The summed E-state index contributed by atoms with van der Waals surface area (Å²) < 4.78 is 10.9. The normalized spacial score (nSPS) is 29.3. The molecular weight excluding hydrogens is 192 g/mol. The second-order valence-corrected chi connectivity index (χ2v) is 4.25. The van der Waals surface area contributed by atoms with E-state index in [4.69, 9.17) is 9.47 Å². The Kier molecular flexibility index (Phi) is 2.78. The van der Waals surface area contributed by atoms with E-state index in [1.165, 1.54) is 0 Å². The van der Waals surface area contributed by atoms with Crippen LogP contribution in [0.25, 0.3) is 0 Å². The highest BCUT2D eigenvalue weighted by atomic mass is 16.8. The standard InChI is InChI=1S/C12H16O3/c1-12(2)14-10(11(13)15-12)8-9-6-4-3-5-7-9/h3-7,10-11,13H,8H2,1-2H3/t10-,11?/m1/s1. The Labute approximate surface area is 89.6 Å². The number of hydrogen-bond acceptors (Lipinski definition) is 3. The van der Waals surface area contributed by atoms with E-state index >= 15 is 0 Å². The summed E-state index contributed by atoms with van der Waals surface area (Å²) in [6, 6.07) is 9.95. The van der Waals surface area contributed by atoms with Crippen LogP contribution in [-0.4, -0.2) is 23.3 Å². The molecule has 15 heavy (non-hydrogen) atoms. The molecule has 1 aliphatic rings. The molecule has 82 valence electrons. The fraction of sp³-hybridized carbons (Fsp3) is 0.500. The van der Waals surface area contributed by atoms with Gasteiger partial charge in [-0.3, -0.25) is 0 Å². The van der Waals surface area contributed by atoms with Crippen molar-refractivity contribution in [1.82, 2.24) is 0 Å². The third-order valence-electron chi connectivity index (χ3n) is 2.44. The van der Waals surface area contributed by atoms with Gasteiger partial charge >= 0.3 is 0 Å². The maximum Gasteiger partial charge on any atom is 0.184 e. The zero-order valence-electron chi connectivity index (χ0n) is 9.01. The molecule has 2 atom stereocenters. The Hall–Kier alpha value is -0.900. The van der Waals surface area contributed by atoms with E-state index in [2.05, 4.69) is 0 Å². The number of ether oxygens (including phenoxy) is 2.